The van der Waals surface area contributed by atoms with Gasteiger partial charge in [-0.15, -0.1) is 0 Å². The molecule has 94 valence electrons. The number of benzene rings is 1. The summed E-state index contributed by atoms with van der Waals surface area (Å²) in [6, 6.07) is 6.76. The van der Waals surface area contributed by atoms with E-state index in [1.807, 2.05) is 0 Å². The van der Waals surface area contributed by atoms with Crippen molar-refractivity contribution in [2.24, 2.45) is 5.73 Å². The van der Waals surface area contributed by atoms with Crippen molar-refractivity contribution in [3.63, 3.8) is 0 Å². The van der Waals surface area contributed by atoms with E-state index in [2.05, 4.69) is 0 Å². The Morgan fingerprint density at radius 1 is 1.12 bits per heavy atom. The first-order valence-electron chi connectivity index (χ1n) is 5.80. The molecule has 2 N–H and O–H groups in total. The monoisotopic (exact) mass is 243 g/mol. The number of alkyl halides is 3. The van der Waals surface area contributed by atoms with E-state index in [9.17, 15) is 13.2 Å². The predicted molar refractivity (Wildman–Crippen MR) is 60.7 cm³/mol. The summed E-state index contributed by atoms with van der Waals surface area (Å²) in [7, 11) is 0. The highest BCUT2D eigenvalue weighted by Gasteiger charge is 2.37. The Bertz CT molecular complexity index is 394. The SMILES string of the molecule is NC1(CCc2ccccc2CC(F)(F)F)CC1. The molecular formula is C13H16F3N. The van der Waals surface area contributed by atoms with Crippen LogP contribution in [0.5, 0.6) is 0 Å². The van der Waals surface area contributed by atoms with E-state index < -0.39 is 12.6 Å². The molecule has 1 aliphatic rings. The molecule has 0 radical (unpaired) electrons. The molecule has 0 aliphatic heterocycles. The van der Waals surface area contributed by atoms with Gasteiger partial charge in [-0.2, -0.15) is 13.2 Å². The second-order valence-corrected chi connectivity index (χ2v) is 4.92. The second kappa shape index (κ2) is 4.33. The molecule has 4 heteroatoms. The average molecular weight is 243 g/mol. The second-order valence-electron chi connectivity index (χ2n) is 4.92. The minimum Gasteiger partial charge on any atom is -0.325 e. The largest absolute Gasteiger partial charge is 0.393 e. The summed E-state index contributed by atoms with van der Waals surface area (Å²) in [6.07, 6.45) is -1.58. The van der Waals surface area contributed by atoms with Crippen LogP contribution in [0.1, 0.15) is 30.4 Å². The Morgan fingerprint density at radius 2 is 1.71 bits per heavy atom. The van der Waals surface area contributed by atoms with Gasteiger partial charge in [0.15, 0.2) is 0 Å². The summed E-state index contributed by atoms with van der Waals surface area (Å²) < 4.78 is 37.1. The van der Waals surface area contributed by atoms with Crippen molar-refractivity contribution in [1.29, 1.82) is 0 Å². The maximum atomic E-state index is 12.4. The number of halogens is 3. The highest BCUT2D eigenvalue weighted by Crippen LogP contribution is 2.37. The number of aryl methyl sites for hydroxylation is 1. The fraction of sp³-hybridized carbons (Fsp3) is 0.538. The zero-order valence-electron chi connectivity index (χ0n) is 9.56. The fourth-order valence-corrected chi connectivity index (χ4v) is 1.98. The average Bonchev–Trinajstić information content (AvgIpc) is 2.94. The third kappa shape index (κ3) is 3.73. The molecule has 1 aromatic carbocycles. The Kier molecular flexibility index (Phi) is 3.17. The van der Waals surface area contributed by atoms with Crippen LogP contribution in [0.25, 0.3) is 0 Å². The third-order valence-corrected chi connectivity index (χ3v) is 3.29. The van der Waals surface area contributed by atoms with Gasteiger partial charge in [0.1, 0.15) is 0 Å². The van der Waals surface area contributed by atoms with Gasteiger partial charge in [-0.25, -0.2) is 0 Å². The molecule has 0 atom stereocenters. The Labute approximate surface area is 98.8 Å². The van der Waals surface area contributed by atoms with Crippen molar-refractivity contribution >= 4 is 0 Å². The van der Waals surface area contributed by atoms with Crippen molar-refractivity contribution in [1.82, 2.24) is 0 Å². The Hall–Kier alpha value is -1.03. The van der Waals surface area contributed by atoms with E-state index in [0.717, 1.165) is 24.8 Å². The lowest BCUT2D eigenvalue weighted by Gasteiger charge is -2.13. The van der Waals surface area contributed by atoms with Crippen LogP contribution in [0.4, 0.5) is 13.2 Å². The zero-order chi connectivity index (χ0) is 12.5. The van der Waals surface area contributed by atoms with Crippen LogP contribution >= 0.6 is 0 Å². The van der Waals surface area contributed by atoms with Crippen molar-refractivity contribution in [3.05, 3.63) is 35.4 Å². The molecule has 1 aromatic rings. The minimum absolute atomic E-state index is 0.106. The van der Waals surface area contributed by atoms with Crippen LogP contribution < -0.4 is 5.73 Å². The smallest absolute Gasteiger partial charge is 0.325 e. The molecule has 2 rings (SSSR count). The van der Waals surface area contributed by atoms with Gasteiger partial charge in [0.2, 0.25) is 0 Å². The topological polar surface area (TPSA) is 26.0 Å². The van der Waals surface area contributed by atoms with Gasteiger partial charge >= 0.3 is 6.18 Å². The van der Waals surface area contributed by atoms with E-state index >= 15 is 0 Å². The van der Waals surface area contributed by atoms with Crippen LogP contribution in [0.3, 0.4) is 0 Å². The normalized spacial score (nSPS) is 18.1. The molecule has 0 heterocycles. The number of hydrogen-bond donors (Lipinski definition) is 1. The molecule has 0 bridgehead atoms. The van der Waals surface area contributed by atoms with Crippen LogP contribution in [-0.4, -0.2) is 11.7 Å². The van der Waals surface area contributed by atoms with Crippen LogP contribution in [-0.2, 0) is 12.8 Å². The number of hydrogen-bond acceptors (Lipinski definition) is 1. The summed E-state index contributed by atoms with van der Waals surface area (Å²) in [4.78, 5) is 0. The quantitative estimate of drug-likeness (QED) is 0.863. The number of nitrogens with two attached hydrogens (primary N) is 1. The summed E-state index contributed by atoms with van der Waals surface area (Å²) >= 11 is 0. The maximum Gasteiger partial charge on any atom is 0.393 e. The first-order valence-corrected chi connectivity index (χ1v) is 5.80. The minimum atomic E-state index is -4.14. The molecule has 17 heavy (non-hydrogen) atoms. The molecular weight excluding hydrogens is 227 g/mol. The summed E-state index contributed by atoms with van der Waals surface area (Å²) in [5, 5.41) is 0. The zero-order valence-corrected chi connectivity index (χ0v) is 9.56. The van der Waals surface area contributed by atoms with Crippen LogP contribution in [0, 0.1) is 0 Å². The summed E-state index contributed by atoms with van der Waals surface area (Å²) in [5.74, 6) is 0. The van der Waals surface area contributed by atoms with Crippen molar-refractivity contribution in [2.75, 3.05) is 0 Å². The molecule has 1 fully saturated rings. The predicted octanol–water partition coefficient (Wildman–Crippen LogP) is 3.22. The summed E-state index contributed by atoms with van der Waals surface area (Å²) in [5.41, 5.74) is 7.00. The van der Waals surface area contributed by atoms with E-state index in [1.54, 1.807) is 24.3 Å². The summed E-state index contributed by atoms with van der Waals surface area (Å²) in [6.45, 7) is 0. The van der Waals surface area contributed by atoms with E-state index in [0.29, 0.717) is 12.0 Å². The van der Waals surface area contributed by atoms with E-state index in [4.69, 9.17) is 5.73 Å². The fourth-order valence-electron chi connectivity index (χ4n) is 1.98. The van der Waals surface area contributed by atoms with E-state index in [-0.39, 0.29) is 5.54 Å². The van der Waals surface area contributed by atoms with Crippen molar-refractivity contribution in [2.45, 2.75) is 43.8 Å². The molecule has 0 unspecified atom stereocenters. The molecule has 0 saturated heterocycles. The van der Waals surface area contributed by atoms with Gasteiger partial charge < -0.3 is 5.73 Å². The van der Waals surface area contributed by atoms with Crippen molar-refractivity contribution < 1.29 is 13.2 Å². The molecule has 0 amide bonds. The van der Waals surface area contributed by atoms with Gasteiger partial charge in [0, 0.05) is 5.54 Å². The lowest BCUT2D eigenvalue weighted by Crippen LogP contribution is -2.22. The van der Waals surface area contributed by atoms with Gasteiger partial charge in [0.25, 0.3) is 0 Å². The van der Waals surface area contributed by atoms with Crippen LogP contribution in [0.15, 0.2) is 24.3 Å². The molecule has 1 saturated carbocycles. The van der Waals surface area contributed by atoms with Gasteiger partial charge in [0.05, 0.1) is 6.42 Å². The lowest BCUT2D eigenvalue weighted by atomic mass is 9.97. The highest BCUT2D eigenvalue weighted by atomic mass is 19.4. The standard InChI is InChI=1S/C13H16F3N/c14-13(15,16)9-11-4-2-1-3-10(11)5-6-12(17)7-8-12/h1-4H,5-9,17H2. The van der Waals surface area contributed by atoms with Crippen LogP contribution in [0.2, 0.25) is 0 Å². The number of rotatable bonds is 4. The molecule has 1 nitrogen and oxygen atoms in total. The Balaban J connectivity index is 2.04. The molecule has 0 spiro atoms. The third-order valence-electron chi connectivity index (χ3n) is 3.29. The van der Waals surface area contributed by atoms with Gasteiger partial charge in [-0.3, -0.25) is 0 Å². The molecule has 1 aliphatic carbocycles. The first-order chi connectivity index (χ1) is 7.88. The lowest BCUT2D eigenvalue weighted by molar-refractivity contribution is -0.127. The van der Waals surface area contributed by atoms with E-state index in [1.165, 1.54) is 0 Å². The Morgan fingerprint density at radius 3 is 2.24 bits per heavy atom. The first kappa shape index (κ1) is 12.4. The molecule has 0 aromatic heterocycles. The van der Waals surface area contributed by atoms with Gasteiger partial charge in [-0.05, 0) is 36.8 Å². The van der Waals surface area contributed by atoms with Crippen molar-refractivity contribution in [3.8, 4) is 0 Å². The highest BCUT2D eigenvalue weighted by molar-refractivity contribution is 5.28. The maximum absolute atomic E-state index is 12.4. The van der Waals surface area contributed by atoms with Gasteiger partial charge in [-0.1, -0.05) is 24.3 Å².